The molecular formula is C24H29N3O2. The van der Waals surface area contributed by atoms with Gasteiger partial charge >= 0.3 is 0 Å². The predicted octanol–water partition coefficient (Wildman–Crippen LogP) is 4.94. The summed E-state index contributed by atoms with van der Waals surface area (Å²) >= 11 is 0. The van der Waals surface area contributed by atoms with Crippen LogP contribution < -0.4 is 10.1 Å². The molecule has 0 fully saturated rings. The molecular weight excluding hydrogens is 362 g/mol. The number of benzene rings is 2. The molecule has 5 nitrogen and oxygen atoms in total. The van der Waals surface area contributed by atoms with Gasteiger partial charge in [-0.3, -0.25) is 4.79 Å². The van der Waals surface area contributed by atoms with Crippen molar-refractivity contribution in [1.29, 1.82) is 0 Å². The highest BCUT2D eigenvalue weighted by Crippen LogP contribution is 2.25. The molecule has 1 heterocycles. The summed E-state index contributed by atoms with van der Waals surface area (Å²) in [6.45, 7) is 9.10. The number of nitrogens with one attached hydrogen (secondary N) is 1. The molecule has 3 aromatic rings. The summed E-state index contributed by atoms with van der Waals surface area (Å²) in [5, 5.41) is 7.78. The first-order valence-electron chi connectivity index (χ1n) is 9.99. The summed E-state index contributed by atoms with van der Waals surface area (Å²) < 4.78 is 6.95. The summed E-state index contributed by atoms with van der Waals surface area (Å²) in [5.41, 5.74) is 5.54. The zero-order valence-corrected chi connectivity index (χ0v) is 17.8. The molecule has 2 aromatic carbocycles. The average molecular weight is 392 g/mol. The zero-order valence-electron chi connectivity index (χ0n) is 17.8. The van der Waals surface area contributed by atoms with Gasteiger partial charge in [-0.1, -0.05) is 26.0 Å². The summed E-state index contributed by atoms with van der Waals surface area (Å²) in [7, 11) is 1.63. The predicted molar refractivity (Wildman–Crippen MR) is 117 cm³/mol. The van der Waals surface area contributed by atoms with Gasteiger partial charge in [-0.25, -0.2) is 4.68 Å². The Bertz CT molecular complexity index is 988. The molecule has 0 unspecified atom stereocenters. The Balaban J connectivity index is 2.00. The summed E-state index contributed by atoms with van der Waals surface area (Å²) in [6, 6.07) is 15.6. The van der Waals surface area contributed by atoms with E-state index in [1.54, 1.807) is 11.8 Å². The minimum absolute atomic E-state index is 0.121. The number of methoxy groups -OCH3 is 1. The van der Waals surface area contributed by atoms with Gasteiger partial charge in [-0.05, 0) is 73.7 Å². The third-order valence-corrected chi connectivity index (χ3v) is 5.07. The number of nitrogens with zero attached hydrogens (tertiary/aromatic N) is 2. The van der Waals surface area contributed by atoms with Crippen molar-refractivity contribution in [3.8, 4) is 22.7 Å². The minimum Gasteiger partial charge on any atom is -0.497 e. The summed E-state index contributed by atoms with van der Waals surface area (Å²) in [5.74, 6) is 1.18. The number of ether oxygens (including phenoxy) is 1. The highest BCUT2D eigenvalue weighted by Gasteiger charge is 2.18. The van der Waals surface area contributed by atoms with Crippen molar-refractivity contribution < 1.29 is 9.53 Å². The first-order chi connectivity index (χ1) is 13.9. The van der Waals surface area contributed by atoms with E-state index in [-0.39, 0.29) is 5.91 Å². The molecule has 0 aliphatic carbocycles. The first-order valence-corrected chi connectivity index (χ1v) is 9.99. The lowest BCUT2D eigenvalue weighted by Crippen LogP contribution is -2.27. The molecule has 0 aliphatic heterocycles. The quantitative estimate of drug-likeness (QED) is 0.621. The fourth-order valence-corrected chi connectivity index (χ4v) is 3.07. The molecule has 5 heteroatoms. The molecule has 0 spiro atoms. The molecule has 3 rings (SSSR count). The number of aromatic nitrogens is 2. The monoisotopic (exact) mass is 391 g/mol. The number of aryl methyl sites for hydroxylation is 2. The number of amides is 1. The van der Waals surface area contributed by atoms with E-state index >= 15 is 0 Å². The van der Waals surface area contributed by atoms with Crippen LogP contribution in [0.5, 0.6) is 5.75 Å². The molecule has 0 atom stereocenters. The van der Waals surface area contributed by atoms with Crippen molar-refractivity contribution in [2.45, 2.75) is 34.1 Å². The second-order valence-corrected chi connectivity index (χ2v) is 7.76. The van der Waals surface area contributed by atoms with Crippen molar-refractivity contribution in [1.82, 2.24) is 15.1 Å². The van der Waals surface area contributed by atoms with Crippen LogP contribution in [0.4, 0.5) is 0 Å². The van der Waals surface area contributed by atoms with Crippen LogP contribution in [-0.4, -0.2) is 29.3 Å². The Labute approximate surface area is 172 Å². The molecule has 1 amide bonds. The lowest BCUT2D eigenvalue weighted by Gasteiger charge is -2.10. The largest absolute Gasteiger partial charge is 0.497 e. The topological polar surface area (TPSA) is 56.2 Å². The Hall–Kier alpha value is -3.08. The molecule has 29 heavy (non-hydrogen) atoms. The average Bonchev–Trinajstić information content (AvgIpc) is 3.15. The molecule has 152 valence electrons. The van der Waals surface area contributed by atoms with Gasteiger partial charge in [-0.15, -0.1) is 0 Å². The van der Waals surface area contributed by atoms with Crippen molar-refractivity contribution in [3.05, 3.63) is 65.4 Å². The summed E-state index contributed by atoms with van der Waals surface area (Å²) in [4.78, 5) is 12.9. The Kier molecular flexibility index (Phi) is 6.37. The maximum absolute atomic E-state index is 12.9. The van der Waals surface area contributed by atoms with Crippen LogP contribution in [0.15, 0.2) is 48.5 Å². The van der Waals surface area contributed by atoms with Gasteiger partial charge in [-0.2, -0.15) is 5.10 Å². The molecule has 0 radical (unpaired) electrons. The van der Waals surface area contributed by atoms with Gasteiger partial charge in [0.15, 0.2) is 0 Å². The lowest BCUT2D eigenvalue weighted by atomic mass is 10.0. The molecule has 1 aromatic heterocycles. The standard InChI is InChI=1S/C24H29N3O2/c1-16(2)12-13-25-24(28)23-15-22(19-7-6-17(3)18(4)14-19)26-27(23)20-8-10-21(29-5)11-9-20/h6-11,14-16H,12-13H2,1-5H3,(H,25,28). The Morgan fingerprint density at radius 3 is 2.41 bits per heavy atom. The van der Waals surface area contributed by atoms with Crippen molar-refractivity contribution in [3.63, 3.8) is 0 Å². The van der Waals surface area contributed by atoms with Gasteiger partial charge in [0.2, 0.25) is 0 Å². The minimum atomic E-state index is -0.121. The molecule has 1 N–H and O–H groups in total. The second kappa shape index (κ2) is 8.95. The Morgan fingerprint density at radius 2 is 1.79 bits per heavy atom. The maximum atomic E-state index is 12.9. The van der Waals surface area contributed by atoms with Crippen LogP contribution in [-0.2, 0) is 0 Å². The van der Waals surface area contributed by atoms with E-state index in [4.69, 9.17) is 9.84 Å². The normalized spacial score (nSPS) is 11.0. The van der Waals surface area contributed by atoms with E-state index in [1.807, 2.05) is 36.4 Å². The van der Waals surface area contributed by atoms with Gasteiger partial charge < -0.3 is 10.1 Å². The first kappa shape index (κ1) is 20.6. The van der Waals surface area contributed by atoms with Crippen LogP contribution >= 0.6 is 0 Å². The Morgan fingerprint density at radius 1 is 1.07 bits per heavy atom. The third kappa shape index (κ3) is 4.86. The van der Waals surface area contributed by atoms with Crippen molar-refractivity contribution in [2.75, 3.05) is 13.7 Å². The smallest absolute Gasteiger partial charge is 0.270 e. The summed E-state index contributed by atoms with van der Waals surface area (Å²) in [6.07, 6.45) is 0.937. The van der Waals surface area contributed by atoms with Gasteiger partial charge in [0.1, 0.15) is 11.4 Å². The van der Waals surface area contributed by atoms with Crippen LogP contribution in [0, 0.1) is 19.8 Å². The fourth-order valence-electron chi connectivity index (χ4n) is 3.07. The van der Waals surface area contributed by atoms with E-state index in [2.05, 4.69) is 45.1 Å². The van der Waals surface area contributed by atoms with Gasteiger partial charge in [0.25, 0.3) is 5.91 Å². The van der Waals surface area contributed by atoms with E-state index in [0.29, 0.717) is 18.2 Å². The van der Waals surface area contributed by atoms with Gasteiger partial charge in [0, 0.05) is 12.1 Å². The number of rotatable bonds is 7. The zero-order chi connectivity index (χ0) is 21.0. The maximum Gasteiger partial charge on any atom is 0.270 e. The van der Waals surface area contributed by atoms with Crippen molar-refractivity contribution >= 4 is 5.91 Å². The van der Waals surface area contributed by atoms with E-state index < -0.39 is 0 Å². The van der Waals surface area contributed by atoms with Crippen LogP contribution in [0.3, 0.4) is 0 Å². The van der Waals surface area contributed by atoms with Gasteiger partial charge in [0.05, 0.1) is 18.5 Å². The van der Waals surface area contributed by atoms with E-state index in [0.717, 1.165) is 29.1 Å². The molecule has 0 saturated carbocycles. The second-order valence-electron chi connectivity index (χ2n) is 7.76. The third-order valence-electron chi connectivity index (χ3n) is 5.07. The highest BCUT2D eigenvalue weighted by atomic mass is 16.5. The molecule has 0 bridgehead atoms. The van der Waals surface area contributed by atoms with Crippen LogP contribution in [0.2, 0.25) is 0 Å². The number of hydrogen-bond donors (Lipinski definition) is 1. The molecule has 0 aliphatic rings. The van der Waals surface area contributed by atoms with Crippen LogP contribution in [0.25, 0.3) is 16.9 Å². The fraction of sp³-hybridized carbons (Fsp3) is 0.333. The number of carbonyl (C=O) groups excluding carboxylic acids is 1. The lowest BCUT2D eigenvalue weighted by molar-refractivity contribution is 0.0944. The van der Waals surface area contributed by atoms with E-state index in [1.165, 1.54) is 11.1 Å². The SMILES string of the molecule is COc1ccc(-n2nc(-c3ccc(C)c(C)c3)cc2C(=O)NCCC(C)C)cc1. The molecule has 0 saturated heterocycles. The number of hydrogen-bond acceptors (Lipinski definition) is 3. The van der Waals surface area contributed by atoms with Crippen LogP contribution in [0.1, 0.15) is 41.9 Å². The number of carbonyl (C=O) groups is 1. The van der Waals surface area contributed by atoms with Crippen molar-refractivity contribution in [2.24, 2.45) is 5.92 Å². The van der Waals surface area contributed by atoms with E-state index in [9.17, 15) is 4.79 Å². The highest BCUT2D eigenvalue weighted by molar-refractivity contribution is 5.94.